The van der Waals surface area contributed by atoms with Gasteiger partial charge in [-0.15, -0.1) is 0 Å². The van der Waals surface area contributed by atoms with Crippen LogP contribution >= 0.6 is 0 Å². The molecule has 0 radical (unpaired) electrons. The number of unbranched alkanes of at least 4 members (excludes halogenated alkanes) is 29. The van der Waals surface area contributed by atoms with E-state index in [0.717, 1.165) is 44.9 Å². The first-order valence-corrected chi connectivity index (χ1v) is 28.3. The Labute approximate surface area is 422 Å². The summed E-state index contributed by atoms with van der Waals surface area (Å²) in [6.07, 6.45) is 26.7. The molecule has 412 valence electrons. The van der Waals surface area contributed by atoms with Gasteiger partial charge in [0.15, 0.2) is 18.7 Å². The molecule has 2 fully saturated rings. The van der Waals surface area contributed by atoms with E-state index in [1.807, 2.05) is 0 Å². The number of hydrogen-bond donors (Lipinski definition) is 7. The second kappa shape index (κ2) is 42.6. The van der Waals surface area contributed by atoms with Gasteiger partial charge in [0.05, 0.1) is 19.8 Å². The molecule has 0 saturated carbocycles. The van der Waals surface area contributed by atoms with E-state index in [1.54, 1.807) is 0 Å². The maximum Gasteiger partial charge on any atom is 0.306 e. The summed E-state index contributed by atoms with van der Waals surface area (Å²) in [5.74, 6) is -0.930. The van der Waals surface area contributed by atoms with Gasteiger partial charge in [-0.1, -0.05) is 193 Å². The maximum absolute atomic E-state index is 13.0. The minimum absolute atomic E-state index is 0.168. The lowest BCUT2D eigenvalue weighted by Crippen LogP contribution is -2.61. The Kier molecular flexibility index (Phi) is 39.1. The minimum Gasteiger partial charge on any atom is -0.462 e. The largest absolute Gasteiger partial charge is 0.462 e. The first-order valence-electron chi connectivity index (χ1n) is 28.3. The quantitative estimate of drug-likeness (QED) is 0.0172. The van der Waals surface area contributed by atoms with Gasteiger partial charge in [-0.05, 0) is 38.5 Å². The lowest BCUT2D eigenvalue weighted by Gasteiger charge is -2.42. The van der Waals surface area contributed by atoms with Gasteiger partial charge in [0, 0.05) is 12.8 Å². The summed E-state index contributed by atoms with van der Waals surface area (Å²) in [6.45, 7) is 2.61. The summed E-state index contributed by atoms with van der Waals surface area (Å²) in [5.41, 5.74) is 0. The minimum atomic E-state index is -1.76. The van der Waals surface area contributed by atoms with Crippen LogP contribution in [0.3, 0.4) is 0 Å². The van der Waals surface area contributed by atoms with Crippen molar-refractivity contribution in [1.29, 1.82) is 0 Å². The van der Waals surface area contributed by atoms with E-state index in [0.29, 0.717) is 12.8 Å². The number of aliphatic hydroxyl groups is 7. The molecule has 2 rings (SSSR count). The van der Waals surface area contributed by atoms with Crippen molar-refractivity contribution in [2.45, 2.75) is 300 Å². The number of hydrogen-bond acceptors (Lipinski definition) is 15. The highest BCUT2D eigenvalue weighted by Crippen LogP contribution is 2.27. The molecule has 2 heterocycles. The number of rotatable bonds is 45. The molecule has 15 heteroatoms. The molecular formula is C55H102O15. The fourth-order valence-corrected chi connectivity index (χ4v) is 9.10. The van der Waals surface area contributed by atoms with E-state index in [1.165, 1.54) is 148 Å². The summed E-state index contributed by atoms with van der Waals surface area (Å²) in [5, 5.41) is 72.2. The van der Waals surface area contributed by atoms with Crippen LogP contribution in [0, 0.1) is 0 Å². The SMILES string of the molecule is CCCCCCCC/C=C/CCCCCC(=O)OC[C@H](CO[C@H]1O[C@@H](CO[C@H]2O[C@@H](CO)[C@@H](O)C(O)C2O)[C@@H](O)C(O)C1O)OC(=O)CCCCCCCCCCCCCCCCCCCCCCC. The zero-order valence-electron chi connectivity index (χ0n) is 43.8. The molecule has 0 bridgehead atoms. The first kappa shape index (κ1) is 64.4. The lowest BCUT2D eigenvalue weighted by atomic mass is 9.98. The average Bonchev–Trinajstić information content (AvgIpc) is 3.35. The van der Waals surface area contributed by atoms with E-state index >= 15 is 0 Å². The van der Waals surface area contributed by atoms with Gasteiger partial charge in [-0.3, -0.25) is 9.59 Å². The summed E-state index contributed by atoms with van der Waals surface area (Å²) < 4.78 is 33.6. The van der Waals surface area contributed by atoms with E-state index < -0.39 is 92.7 Å². The van der Waals surface area contributed by atoms with Crippen LogP contribution in [0.2, 0.25) is 0 Å². The van der Waals surface area contributed by atoms with Crippen LogP contribution in [0.5, 0.6) is 0 Å². The lowest BCUT2D eigenvalue weighted by molar-refractivity contribution is -0.332. The van der Waals surface area contributed by atoms with Crippen LogP contribution in [0.25, 0.3) is 0 Å². The summed E-state index contributed by atoms with van der Waals surface area (Å²) in [6, 6.07) is 0. The van der Waals surface area contributed by atoms with Crippen molar-refractivity contribution in [2.75, 3.05) is 26.4 Å². The molecule has 15 nitrogen and oxygen atoms in total. The summed E-state index contributed by atoms with van der Waals surface area (Å²) in [4.78, 5) is 25.8. The molecule has 0 aromatic carbocycles. The summed E-state index contributed by atoms with van der Waals surface area (Å²) >= 11 is 0. The third kappa shape index (κ3) is 29.8. The standard InChI is InChI=1S/C55H102O15/c1-3-5-7-9-11-13-15-17-18-19-20-21-22-23-24-26-28-30-32-34-36-38-47(58)68-43(40-65-46(57)37-35-33-31-29-27-25-16-14-12-10-8-6-4-2)41-66-54-53(64)51(62)49(60)45(70-54)42-67-55-52(63)50(61)48(59)44(39-56)69-55/h25,27,43-45,48-56,59-64H,3-24,26,28-42H2,1-2H3/b27-25+/t43-,44+,45+,48-,49-,50?,51?,52?,53?,54+,55+/m1/s1. The van der Waals surface area contributed by atoms with Gasteiger partial charge < -0.3 is 64.2 Å². The average molecular weight is 1000 g/mol. The zero-order valence-corrected chi connectivity index (χ0v) is 43.8. The van der Waals surface area contributed by atoms with E-state index in [-0.39, 0.29) is 26.1 Å². The Balaban J connectivity index is 1.75. The Morgan fingerprint density at radius 3 is 1.27 bits per heavy atom. The third-order valence-corrected chi connectivity index (χ3v) is 13.7. The van der Waals surface area contributed by atoms with Crippen LogP contribution in [0.4, 0.5) is 0 Å². The highest BCUT2D eigenvalue weighted by atomic mass is 16.7. The molecule has 0 aromatic heterocycles. The zero-order chi connectivity index (χ0) is 51.0. The smallest absolute Gasteiger partial charge is 0.306 e. The summed E-state index contributed by atoms with van der Waals surface area (Å²) in [7, 11) is 0. The second-order valence-corrected chi connectivity index (χ2v) is 20.1. The molecule has 70 heavy (non-hydrogen) atoms. The fourth-order valence-electron chi connectivity index (χ4n) is 9.10. The van der Waals surface area contributed by atoms with Crippen molar-refractivity contribution in [3.8, 4) is 0 Å². The number of aliphatic hydroxyl groups excluding tert-OH is 7. The molecular weight excluding hydrogens is 901 g/mol. The second-order valence-electron chi connectivity index (χ2n) is 20.1. The third-order valence-electron chi connectivity index (χ3n) is 13.7. The predicted octanol–water partition coefficient (Wildman–Crippen LogP) is 8.94. The Bertz CT molecular complexity index is 1270. The Hall–Kier alpha value is -1.76. The van der Waals surface area contributed by atoms with E-state index in [2.05, 4.69) is 26.0 Å². The first-order chi connectivity index (χ1) is 34.0. The Morgan fingerprint density at radius 1 is 0.443 bits per heavy atom. The molecule has 0 amide bonds. The van der Waals surface area contributed by atoms with Crippen molar-refractivity contribution in [3.05, 3.63) is 12.2 Å². The van der Waals surface area contributed by atoms with E-state index in [4.69, 9.17) is 28.4 Å². The van der Waals surface area contributed by atoms with Gasteiger partial charge in [0.2, 0.25) is 0 Å². The Morgan fingerprint density at radius 2 is 0.814 bits per heavy atom. The molecule has 4 unspecified atom stereocenters. The molecule has 2 aliphatic rings. The predicted molar refractivity (Wildman–Crippen MR) is 271 cm³/mol. The van der Waals surface area contributed by atoms with Gasteiger partial charge in [0.25, 0.3) is 0 Å². The normalized spacial score (nSPS) is 25.4. The molecule has 7 N–H and O–H groups in total. The number of carbonyl (C=O) groups excluding carboxylic acids is 2. The number of esters is 2. The monoisotopic (exact) mass is 1000 g/mol. The van der Waals surface area contributed by atoms with Crippen LogP contribution in [0.15, 0.2) is 12.2 Å². The number of allylic oxidation sites excluding steroid dienone is 2. The van der Waals surface area contributed by atoms with Crippen molar-refractivity contribution < 1.29 is 73.8 Å². The molecule has 0 aromatic rings. The van der Waals surface area contributed by atoms with Gasteiger partial charge in [-0.25, -0.2) is 0 Å². The van der Waals surface area contributed by atoms with Crippen LogP contribution in [0.1, 0.15) is 232 Å². The molecule has 11 atom stereocenters. The highest BCUT2D eigenvalue weighted by molar-refractivity contribution is 5.70. The topological polar surface area (TPSA) is 231 Å². The van der Waals surface area contributed by atoms with Gasteiger partial charge in [-0.2, -0.15) is 0 Å². The number of ether oxygens (including phenoxy) is 6. The molecule has 0 spiro atoms. The molecule has 2 aliphatic heterocycles. The van der Waals surface area contributed by atoms with Crippen molar-refractivity contribution in [3.63, 3.8) is 0 Å². The van der Waals surface area contributed by atoms with Crippen LogP contribution in [-0.2, 0) is 38.0 Å². The van der Waals surface area contributed by atoms with Crippen molar-refractivity contribution in [2.24, 2.45) is 0 Å². The van der Waals surface area contributed by atoms with Gasteiger partial charge in [0.1, 0.15) is 55.4 Å². The maximum atomic E-state index is 13.0. The van der Waals surface area contributed by atoms with Crippen LogP contribution in [-0.4, -0.2) is 142 Å². The van der Waals surface area contributed by atoms with Crippen molar-refractivity contribution >= 4 is 11.9 Å². The number of carbonyl (C=O) groups is 2. The highest BCUT2D eigenvalue weighted by Gasteiger charge is 2.47. The van der Waals surface area contributed by atoms with Crippen LogP contribution < -0.4 is 0 Å². The molecule has 0 aliphatic carbocycles. The van der Waals surface area contributed by atoms with E-state index in [9.17, 15) is 45.3 Å². The van der Waals surface area contributed by atoms with Gasteiger partial charge >= 0.3 is 11.9 Å². The van der Waals surface area contributed by atoms with Crippen molar-refractivity contribution in [1.82, 2.24) is 0 Å². The molecule has 2 saturated heterocycles. The fraction of sp³-hybridized carbons (Fsp3) is 0.927.